The second-order valence-corrected chi connectivity index (χ2v) is 13.5. The van der Waals surface area contributed by atoms with Crippen LogP contribution in [0, 0.1) is 0 Å². The van der Waals surface area contributed by atoms with E-state index in [2.05, 4.69) is 26.9 Å². The average molecular weight is 590 g/mol. The number of fused-ring (bicyclic) bond motifs is 1. The molecular weight excluding hydrogens is 550 g/mol. The van der Waals surface area contributed by atoms with Crippen molar-refractivity contribution in [1.29, 1.82) is 0 Å². The maximum atomic E-state index is 13.3. The van der Waals surface area contributed by atoms with Gasteiger partial charge in [0.25, 0.3) is 0 Å². The number of benzene rings is 2. The number of hydrogen-bond acceptors (Lipinski definition) is 7. The molecule has 1 unspecified atom stereocenters. The van der Waals surface area contributed by atoms with Gasteiger partial charge in [-0.05, 0) is 43.4 Å². The summed E-state index contributed by atoms with van der Waals surface area (Å²) in [7, 11) is 4.42. The summed E-state index contributed by atoms with van der Waals surface area (Å²) in [5.41, 5.74) is 5.70. The Kier molecular flexibility index (Phi) is 8.96. The number of likely N-dealkylation sites (N-methyl/N-ethyl adjacent to an activating group) is 2. The van der Waals surface area contributed by atoms with E-state index in [4.69, 9.17) is 9.72 Å². The Hall–Kier alpha value is -3.73. The predicted octanol–water partition coefficient (Wildman–Crippen LogP) is 4.09. The molecule has 1 saturated heterocycles. The summed E-state index contributed by atoms with van der Waals surface area (Å²) >= 11 is 0. The Labute approximate surface area is 248 Å². The number of sulfone groups is 1. The molecule has 1 aliphatic heterocycles. The third kappa shape index (κ3) is 6.67. The van der Waals surface area contributed by atoms with Crippen molar-refractivity contribution in [3.63, 3.8) is 0 Å². The lowest BCUT2D eigenvalue weighted by Gasteiger charge is -2.35. The largest absolute Gasteiger partial charge is 0.496 e. The topological polar surface area (TPSA) is 98.8 Å². The highest BCUT2D eigenvalue weighted by Crippen LogP contribution is 2.37. The van der Waals surface area contributed by atoms with Crippen LogP contribution in [0.1, 0.15) is 18.0 Å². The number of hydrogen-bond donors (Lipinski definition) is 1. The van der Waals surface area contributed by atoms with Gasteiger partial charge in [-0.15, -0.1) is 0 Å². The molecule has 2 aromatic carbocycles. The molecule has 2 aromatic heterocycles. The molecular formula is C32H39N5O4S. The first kappa shape index (κ1) is 29.8. The molecule has 1 atom stereocenters. The highest BCUT2D eigenvalue weighted by atomic mass is 32.2. The van der Waals surface area contributed by atoms with Crippen LogP contribution in [-0.2, 0) is 14.6 Å². The number of nitrogens with zero attached hydrogens (tertiary/aromatic N) is 4. The molecule has 9 nitrogen and oxygen atoms in total. The molecule has 10 heteroatoms. The molecule has 1 aliphatic rings. The van der Waals surface area contributed by atoms with Gasteiger partial charge in [0.05, 0.1) is 18.6 Å². The zero-order chi connectivity index (χ0) is 29.9. The fraction of sp³-hybridized carbons (Fsp3) is 0.375. The molecule has 1 N–H and O–H groups in total. The number of carbonyl (C=O) groups excluding carboxylic acids is 1. The quantitative estimate of drug-likeness (QED) is 0.298. The minimum Gasteiger partial charge on any atom is -0.496 e. The number of ether oxygens (including phenoxy) is 1. The van der Waals surface area contributed by atoms with Gasteiger partial charge >= 0.3 is 0 Å². The SMILES string of the molecule is COc1ccccc1-c1c[nH]c2ncc(-c3cccc(C(CC(=O)N(C)CCN(C)C)N4CCS(=O)(=O)CC4)c3)cc12. The number of H-pyrrole nitrogens is 1. The van der Waals surface area contributed by atoms with Crippen molar-refractivity contribution < 1.29 is 17.9 Å². The van der Waals surface area contributed by atoms with Crippen molar-refractivity contribution >= 4 is 26.8 Å². The van der Waals surface area contributed by atoms with Gasteiger partial charge in [0, 0.05) is 80.2 Å². The standard InChI is InChI=1S/C32H39N5O4S/c1-35(2)12-13-36(3)31(38)20-29(37-14-16-42(39,40)17-15-37)24-9-7-8-23(18-24)25-19-27-28(22-34-32(27)33-21-25)26-10-5-6-11-30(26)41-4/h5-11,18-19,21-22,29H,12-17,20H2,1-4H3,(H,33,34). The summed E-state index contributed by atoms with van der Waals surface area (Å²) in [4.78, 5) is 27.3. The number of aromatic amines is 1. The van der Waals surface area contributed by atoms with Crippen molar-refractivity contribution in [3.8, 4) is 28.0 Å². The highest BCUT2D eigenvalue weighted by molar-refractivity contribution is 7.91. The summed E-state index contributed by atoms with van der Waals surface area (Å²) in [6.07, 6.45) is 4.08. The van der Waals surface area contributed by atoms with Crippen LogP contribution in [0.25, 0.3) is 33.3 Å². The van der Waals surface area contributed by atoms with Gasteiger partial charge in [-0.2, -0.15) is 0 Å². The second-order valence-electron chi connectivity index (χ2n) is 11.2. The molecule has 0 bridgehead atoms. The lowest BCUT2D eigenvalue weighted by Crippen LogP contribution is -2.44. The fourth-order valence-corrected chi connectivity index (χ4v) is 6.70. The first-order chi connectivity index (χ1) is 20.1. The van der Waals surface area contributed by atoms with Crippen LogP contribution in [0.4, 0.5) is 0 Å². The van der Waals surface area contributed by atoms with Crippen molar-refractivity contribution in [2.45, 2.75) is 12.5 Å². The predicted molar refractivity (Wildman–Crippen MR) is 167 cm³/mol. The van der Waals surface area contributed by atoms with E-state index in [1.807, 2.05) is 76.0 Å². The Bertz CT molecular complexity index is 1650. The lowest BCUT2D eigenvalue weighted by atomic mass is 9.96. The van der Waals surface area contributed by atoms with E-state index in [0.717, 1.165) is 51.1 Å². The molecule has 5 rings (SSSR count). The molecule has 0 saturated carbocycles. The van der Waals surface area contributed by atoms with Crippen LogP contribution in [0.15, 0.2) is 67.0 Å². The smallest absolute Gasteiger partial charge is 0.224 e. The second kappa shape index (κ2) is 12.6. The maximum Gasteiger partial charge on any atom is 0.224 e. The summed E-state index contributed by atoms with van der Waals surface area (Å²) in [5.74, 6) is 1.04. The Morgan fingerprint density at radius 2 is 1.76 bits per heavy atom. The van der Waals surface area contributed by atoms with Crippen LogP contribution in [-0.4, -0.2) is 105 Å². The van der Waals surface area contributed by atoms with Gasteiger partial charge in [-0.3, -0.25) is 9.69 Å². The maximum absolute atomic E-state index is 13.3. The van der Waals surface area contributed by atoms with Crippen molar-refractivity contribution in [1.82, 2.24) is 24.7 Å². The monoisotopic (exact) mass is 589 g/mol. The minimum atomic E-state index is -3.06. The van der Waals surface area contributed by atoms with Gasteiger partial charge < -0.3 is 19.5 Å². The zero-order valence-electron chi connectivity index (χ0n) is 24.7. The van der Waals surface area contributed by atoms with Crippen LogP contribution in [0.5, 0.6) is 5.75 Å². The van der Waals surface area contributed by atoms with Crippen LogP contribution in [0.3, 0.4) is 0 Å². The Morgan fingerprint density at radius 3 is 2.50 bits per heavy atom. The lowest BCUT2D eigenvalue weighted by molar-refractivity contribution is -0.131. The number of para-hydroxylation sites is 1. The Balaban J connectivity index is 1.48. The number of aromatic nitrogens is 2. The number of amides is 1. The summed E-state index contributed by atoms with van der Waals surface area (Å²) < 4.78 is 30.0. The first-order valence-corrected chi connectivity index (χ1v) is 16.0. The molecule has 1 fully saturated rings. The van der Waals surface area contributed by atoms with Crippen LogP contribution < -0.4 is 4.74 Å². The Morgan fingerprint density at radius 1 is 1.00 bits per heavy atom. The molecule has 1 amide bonds. The third-order valence-corrected chi connectivity index (χ3v) is 9.64. The molecule has 3 heterocycles. The van der Waals surface area contributed by atoms with E-state index < -0.39 is 9.84 Å². The van der Waals surface area contributed by atoms with Crippen molar-refractivity contribution in [2.75, 3.05) is 65.9 Å². The van der Waals surface area contributed by atoms with E-state index in [9.17, 15) is 13.2 Å². The summed E-state index contributed by atoms with van der Waals surface area (Å²) in [5, 5.41) is 0.984. The molecule has 222 valence electrons. The average Bonchev–Trinajstić information content (AvgIpc) is 3.42. The summed E-state index contributed by atoms with van der Waals surface area (Å²) in [6, 6.07) is 18.0. The van der Waals surface area contributed by atoms with E-state index in [1.54, 1.807) is 12.0 Å². The summed E-state index contributed by atoms with van der Waals surface area (Å²) in [6.45, 7) is 2.22. The van der Waals surface area contributed by atoms with Gasteiger partial charge in [0.1, 0.15) is 11.4 Å². The van der Waals surface area contributed by atoms with Gasteiger partial charge in [0.15, 0.2) is 9.84 Å². The first-order valence-electron chi connectivity index (χ1n) is 14.2. The molecule has 4 aromatic rings. The van der Waals surface area contributed by atoms with E-state index >= 15 is 0 Å². The minimum absolute atomic E-state index is 0.0394. The van der Waals surface area contributed by atoms with Crippen LogP contribution in [0.2, 0.25) is 0 Å². The highest BCUT2D eigenvalue weighted by Gasteiger charge is 2.30. The van der Waals surface area contributed by atoms with E-state index in [1.165, 1.54) is 0 Å². The van der Waals surface area contributed by atoms with Gasteiger partial charge in [-0.1, -0.05) is 36.4 Å². The van der Waals surface area contributed by atoms with E-state index in [-0.39, 0.29) is 29.9 Å². The fourth-order valence-electron chi connectivity index (χ4n) is 5.47. The van der Waals surface area contributed by atoms with Crippen molar-refractivity contribution in [2.24, 2.45) is 0 Å². The molecule has 42 heavy (non-hydrogen) atoms. The molecule has 0 aliphatic carbocycles. The molecule has 0 radical (unpaired) electrons. The van der Waals surface area contributed by atoms with Crippen LogP contribution >= 0.6 is 0 Å². The van der Waals surface area contributed by atoms with E-state index in [0.29, 0.717) is 19.6 Å². The molecule has 0 spiro atoms. The van der Waals surface area contributed by atoms with Gasteiger partial charge in [-0.25, -0.2) is 13.4 Å². The normalized spacial score (nSPS) is 16.0. The number of pyridine rings is 1. The van der Waals surface area contributed by atoms with Gasteiger partial charge in [0.2, 0.25) is 5.91 Å². The zero-order valence-corrected chi connectivity index (χ0v) is 25.5. The van der Waals surface area contributed by atoms with Crippen molar-refractivity contribution in [3.05, 3.63) is 72.6 Å². The third-order valence-electron chi connectivity index (χ3n) is 8.03. The number of methoxy groups -OCH3 is 1. The number of nitrogens with one attached hydrogen (secondary N) is 1. The number of carbonyl (C=O) groups is 1. The number of rotatable bonds is 10.